The molecule has 2 aromatic rings. The van der Waals surface area contributed by atoms with Crippen molar-refractivity contribution in [3.05, 3.63) is 47.3 Å². The summed E-state index contributed by atoms with van der Waals surface area (Å²) in [6.07, 6.45) is 6.61. The first-order chi connectivity index (χ1) is 12.7. The topological polar surface area (TPSA) is 51.0 Å². The predicted octanol–water partition coefficient (Wildman–Crippen LogP) is 3.09. The first-order valence-electron chi connectivity index (χ1n) is 9.65. The lowest BCUT2D eigenvalue weighted by atomic mass is 9.95. The van der Waals surface area contributed by atoms with E-state index in [9.17, 15) is 9.18 Å². The molecule has 5 nitrogen and oxygen atoms in total. The van der Waals surface area contributed by atoms with Gasteiger partial charge in [-0.3, -0.25) is 4.79 Å². The highest BCUT2D eigenvalue weighted by Crippen LogP contribution is 2.29. The molecule has 0 N–H and O–H groups in total. The fraction of sp³-hybridized carbons (Fsp3) is 0.550. The molecule has 26 heavy (non-hydrogen) atoms. The highest BCUT2D eigenvalue weighted by atomic mass is 19.1. The van der Waals surface area contributed by atoms with Crippen molar-refractivity contribution in [2.24, 2.45) is 0 Å². The molecular formula is C20H25FN4O. The molecule has 6 heteroatoms. The molecule has 0 spiro atoms. The predicted molar refractivity (Wildman–Crippen MR) is 96.2 cm³/mol. The number of piperidine rings is 1. The molecule has 138 valence electrons. The minimum atomic E-state index is -0.304. The Balaban J connectivity index is 1.38. The maximum absolute atomic E-state index is 13.8. The molecule has 3 heterocycles. The molecule has 0 atom stereocenters. The van der Waals surface area contributed by atoms with Crippen LogP contribution in [0, 0.1) is 5.82 Å². The third kappa shape index (κ3) is 3.50. The van der Waals surface area contributed by atoms with Crippen LogP contribution < -0.4 is 0 Å². The van der Waals surface area contributed by atoms with Crippen LogP contribution in [0.1, 0.15) is 55.2 Å². The Bertz CT molecular complexity index is 780. The molecule has 0 aliphatic carbocycles. The summed E-state index contributed by atoms with van der Waals surface area (Å²) in [6.45, 7) is 2.43. The SMILES string of the molecule is O=C(Cc1ccccc1F)N1CCC(c2nnc3n2CCCCC3)CC1. The Hall–Kier alpha value is -2.24. The number of halogens is 1. The highest BCUT2D eigenvalue weighted by molar-refractivity contribution is 5.78. The normalized spacial score (nSPS) is 18.4. The third-order valence-electron chi connectivity index (χ3n) is 5.65. The summed E-state index contributed by atoms with van der Waals surface area (Å²) in [6, 6.07) is 6.52. The van der Waals surface area contributed by atoms with Crippen molar-refractivity contribution in [2.75, 3.05) is 13.1 Å². The minimum absolute atomic E-state index is 0.00798. The number of rotatable bonds is 3. The van der Waals surface area contributed by atoms with Crippen LogP contribution in [0.5, 0.6) is 0 Å². The maximum Gasteiger partial charge on any atom is 0.227 e. The first kappa shape index (κ1) is 17.2. The third-order valence-corrected chi connectivity index (χ3v) is 5.65. The van der Waals surface area contributed by atoms with Gasteiger partial charge >= 0.3 is 0 Å². The zero-order valence-corrected chi connectivity index (χ0v) is 15.0. The molecule has 2 aliphatic heterocycles. The van der Waals surface area contributed by atoms with Gasteiger partial charge in [-0.15, -0.1) is 10.2 Å². The second kappa shape index (κ2) is 7.56. The smallest absolute Gasteiger partial charge is 0.227 e. The van der Waals surface area contributed by atoms with Crippen LogP contribution in [-0.4, -0.2) is 38.7 Å². The number of nitrogens with zero attached hydrogens (tertiary/aromatic N) is 4. The lowest BCUT2D eigenvalue weighted by molar-refractivity contribution is -0.131. The van der Waals surface area contributed by atoms with E-state index in [4.69, 9.17) is 0 Å². The Kier molecular flexibility index (Phi) is 5.00. The van der Waals surface area contributed by atoms with Gasteiger partial charge in [0.2, 0.25) is 5.91 Å². The molecule has 0 bridgehead atoms. The summed E-state index contributed by atoms with van der Waals surface area (Å²) < 4.78 is 16.1. The molecule has 0 radical (unpaired) electrons. The molecular weight excluding hydrogens is 331 g/mol. The van der Waals surface area contributed by atoms with E-state index < -0.39 is 0 Å². The number of hydrogen-bond donors (Lipinski definition) is 0. The molecule has 1 aromatic heterocycles. The van der Waals surface area contributed by atoms with Crippen LogP contribution in [0.4, 0.5) is 4.39 Å². The van der Waals surface area contributed by atoms with Gasteiger partial charge in [0.25, 0.3) is 0 Å². The van der Waals surface area contributed by atoms with Gasteiger partial charge in [-0.05, 0) is 37.3 Å². The van der Waals surface area contributed by atoms with Gasteiger partial charge in [-0.2, -0.15) is 0 Å². The number of carbonyl (C=O) groups is 1. The molecule has 1 amide bonds. The molecule has 0 saturated carbocycles. The van der Waals surface area contributed by atoms with Gasteiger partial charge in [-0.1, -0.05) is 24.6 Å². The maximum atomic E-state index is 13.8. The summed E-state index contributed by atoms with van der Waals surface area (Å²) in [4.78, 5) is 14.4. The van der Waals surface area contributed by atoms with Crippen molar-refractivity contribution >= 4 is 5.91 Å². The summed E-state index contributed by atoms with van der Waals surface area (Å²) in [5.74, 6) is 2.29. The van der Waals surface area contributed by atoms with Crippen LogP contribution in [0.2, 0.25) is 0 Å². The zero-order valence-electron chi connectivity index (χ0n) is 15.0. The molecule has 0 unspecified atom stereocenters. The Morgan fingerprint density at radius 3 is 2.69 bits per heavy atom. The number of aromatic nitrogens is 3. The van der Waals surface area contributed by atoms with Gasteiger partial charge in [-0.25, -0.2) is 4.39 Å². The monoisotopic (exact) mass is 356 g/mol. The summed E-state index contributed by atoms with van der Waals surface area (Å²) in [7, 11) is 0. The lowest BCUT2D eigenvalue weighted by Crippen LogP contribution is -2.39. The summed E-state index contributed by atoms with van der Waals surface area (Å²) >= 11 is 0. The zero-order chi connectivity index (χ0) is 17.9. The molecule has 2 aliphatic rings. The van der Waals surface area contributed by atoms with Crippen molar-refractivity contribution in [3.63, 3.8) is 0 Å². The summed E-state index contributed by atoms with van der Waals surface area (Å²) in [5.41, 5.74) is 0.474. The quantitative estimate of drug-likeness (QED) is 0.849. The molecule has 1 saturated heterocycles. The van der Waals surface area contributed by atoms with Crippen molar-refractivity contribution < 1.29 is 9.18 Å². The standard InChI is InChI=1S/C20H25FN4O/c21-17-7-4-3-6-16(17)14-19(26)24-12-9-15(10-13-24)20-23-22-18-8-2-1-5-11-25(18)20/h3-4,6-7,15H,1-2,5,8-14H2. The Morgan fingerprint density at radius 2 is 1.88 bits per heavy atom. The first-order valence-corrected chi connectivity index (χ1v) is 9.65. The Morgan fingerprint density at radius 1 is 1.08 bits per heavy atom. The van der Waals surface area contributed by atoms with Crippen molar-refractivity contribution in [2.45, 2.75) is 57.4 Å². The van der Waals surface area contributed by atoms with Crippen molar-refractivity contribution in [1.82, 2.24) is 19.7 Å². The van der Waals surface area contributed by atoms with Gasteiger partial charge in [0, 0.05) is 32.0 Å². The number of fused-ring (bicyclic) bond motifs is 1. The van der Waals surface area contributed by atoms with Crippen LogP contribution >= 0.6 is 0 Å². The van der Waals surface area contributed by atoms with E-state index in [2.05, 4.69) is 14.8 Å². The van der Waals surface area contributed by atoms with Crippen LogP contribution in [-0.2, 0) is 24.2 Å². The average molecular weight is 356 g/mol. The largest absolute Gasteiger partial charge is 0.342 e. The van der Waals surface area contributed by atoms with E-state index in [1.807, 2.05) is 4.90 Å². The number of likely N-dealkylation sites (tertiary alicyclic amines) is 1. The average Bonchev–Trinajstić information content (AvgIpc) is 2.92. The highest BCUT2D eigenvalue weighted by Gasteiger charge is 2.28. The van der Waals surface area contributed by atoms with Gasteiger partial charge in [0.1, 0.15) is 17.5 Å². The fourth-order valence-corrected chi connectivity index (χ4v) is 4.11. The van der Waals surface area contributed by atoms with E-state index in [1.54, 1.807) is 18.2 Å². The fourth-order valence-electron chi connectivity index (χ4n) is 4.11. The molecule has 4 rings (SSSR count). The van der Waals surface area contributed by atoms with E-state index in [0.717, 1.165) is 37.5 Å². The van der Waals surface area contributed by atoms with Gasteiger partial charge in [0.05, 0.1) is 6.42 Å². The second-order valence-electron chi connectivity index (χ2n) is 7.36. The number of hydrogen-bond acceptors (Lipinski definition) is 3. The van der Waals surface area contributed by atoms with E-state index in [1.165, 1.54) is 25.3 Å². The number of amides is 1. The van der Waals surface area contributed by atoms with E-state index >= 15 is 0 Å². The van der Waals surface area contributed by atoms with E-state index in [0.29, 0.717) is 24.6 Å². The van der Waals surface area contributed by atoms with Crippen molar-refractivity contribution in [3.8, 4) is 0 Å². The molecule has 1 fully saturated rings. The number of carbonyl (C=O) groups excluding carboxylic acids is 1. The van der Waals surface area contributed by atoms with Crippen LogP contribution in [0.15, 0.2) is 24.3 Å². The molecule has 1 aromatic carbocycles. The van der Waals surface area contributed by atoms with Gasteiger partial charge in [0.15, 0.2) is 0 Å². The number of benzene rings is 1. The summed E-state index contributed by atoms with van der Waals surface area (Å²) in [5, 5.41) is 8.87. The minimum Gasteiger partial charge on any atom is -0.342 e. The van der Waals surface area contributed by atoms with E-state index in [-0.39, 0.29) is 18.1 Å². The van der Waals surface area contributed by atoms with Crippen molar-refractivity contribution in [1.29, 1.82) is 0 Å². The van der Waals surface area contributed by atoms with Crippen LogP contribution in [0.3, 0.4) is 0 Å². The number of aryl methyl sites for hydroxylation is 1. The Labute approximate surface area is 153 Å². The second-order valence-corrected chi connectivity index (χ2v) is 7.36. The van der Waals surface area contributed by atoms with Gasteiger partial charge < -0.3 is 9.47 Å². The van der Waals surface area contributed by atoms with Crippen LogP contribution in [0.25, 0.3) is 0 Å². The lowest BCUT2D eigenvalue weighted by Gasteiger charge is -2.32.